The maximum Gasteiger partial charge on any atom is 0.305 e. The van der Waals surface area contributed by atoms with Crippen LogP contribution in [0.1, 0.15) is 175 Å². The summed E-state index contributed by atoms with van der Waals surface area (Å²) in [5, 5.41) is 9.93. The number of hydrogen-bond acceptors (Lipinski definition) is 5. The summed E-state index contributed by atoms with van der Waals surface area (Å²) in [6, 6.07) is 0. The van der Waals surface area contributed by atoms with E-state index < -0.39 is 6.10 Å². The van der Waals surface area contributed by atoms with Crippen molar-refractivity contribution in [2.24, 2.45) is 5.92 Å². The fourth-order valence-electron chi connectivity index (χ4n) is 4.74. The molecule has 0 saturated carbocycles. The zero-order chi connectivity index (χ0) is 28.1. The van der Waals surface area contributed by atoms with Gasteiger partial charge in [0.2, 0.25) is 0 Å². The Hall–Kier alpha value is -1.10. The topological polar surface area (TPSA) is 72.8 Å². The SMILES string of the molecule is CCCCCCCCCCCCCCCCCC(=O)OC[C@H](O)COC(=O)CCCCCCCCC(C)C. The molecule has 0 aliphatic heterocycles. The van der Waals surface area contributed by atoms with Crippen molar-refractivity contribution in [1.29, 1.82) is 0 Å². The highest BCUT2D eigenvalue weighted by Crippen LogP contribution is 2.14. The van der Waals surface area contributed by atoms with Gasteiger partial charge in [-0.2, -0.15) is 0 Å². The third-order valence-electron chi connectivity index (χ3n) is 7.27. The Kier molecular flexibility index (Phi) is 28.1. The molecule has 0 spiro atoms. The smallest absolute Gasteiger partial charge is 0.305 e. The van der Waals surface area contributed by atoms with Gasteiger partial charge in [0.15, 0.2) is 0 Å². The Bertz CT molecular complexity index is 520. The highest BCUT2D eigenvalue weighted by molar-refractivity contribution is 5.69. The Morgan fingerprint density at radius 3 is 1.18 bits per heavy atom. The van der Waals surface area contributed by atoms with Gasteiger partial charge in [-0.05, 0) is 18.8 Å². The predicted octanol–water partition coefficient (Wildman–Crippen LogP) is 9.47. The second-order valence-electron chi connectivity index (χ2n) is 11.8. The van der Waals surface area contributed by atoms with Crippen LogP contribution in [0, 0.1) is 5.92 Å². The minimum atomic E-state index is -0.954. The van der Waals surface area contributed by atoms with Crippen LogP contribution in [0.5, 0.6) is 0 Å². The molecule has 1 atom stereocenters. The zero-order valence-corrected chi connectivity index (χ0v) is 25.6. The quantitative estimate of drug-likeness (QED) is 0.0755. The molecule has 0 amide bonds. The molecule has 0 fully saturated rings. The number of aliphatic hydroxyl groups excluding tert-OH is 1. The van der Waals surface area contributed by atoms with Crippen LogP contribution in [0.4, 0.5) is 0 Å². The molecule has 0 radical (unpaired) electrons. The molecule has 0 aromatic heterocycles. The molecule has 5 heteroatoms. The average molecular weight is 541 g/mol. The molecule has 0 bridgehead atoms. The molecular formula is C33H64O5. The van der Waals surface area contributed by atoms with E-state index >= 15 is 0 Å². The summed E-state index contributed by atoms with van der Waals surface area (Å²) in [5.41, 5.74) is 0. The van der Waals surface area contributed by atoms with Crippen molar-refractivity contribution in [2.75, 3.05) is 13.2 Å². The molecule has 0 aromatic carbocycles. The molecule has 0 unspecified atom stereocenters. The fourth-order valence-corrected chi connectivity index (χ4v) is 4.74. The number of unbranched alkanes of at least 4 members (excludes halogenated alkanes) is 19. The molecule has 0 aromatic rings. The van der Waals surface area contributed by atoms with Gasteiger partial charge in [0.05, 0.1) is 0 Å². The monoisotopic (exact) mass is 540 g/mol. The van der Waals surface area contributed by atoms with Crippen molar-refractivity contribution >= 4 is 11.9 Å². The molecule has 0 saturated heterocycles. The van der Waals surface area contributed by atoms with Gasteiger partial charge in [0, 0.05) is 12.8 Å². The summed E-state index contributed by atoms with van der Waals surface area (Å²) in [7, 11) is 0. The second kappa shape index (κ2) is 28.9. The van der Waals surface area contributed by atoms with E-state index in [4.69, 9.17) is 9.47 Å². The van der Waals surface area contributed by atoms with E-state index in [9.17, 15) is 14.7 Å². The van der Waals surface area contributed by atoms with Crippen molar-refractivity contribution in [2.45, 2.75) is 181 Å². The Morgan fingerprint density at radius 2 is 0.842 bits per heavy atom. The minimum Gasteiger partial charge on any atom is -0.463 e. The third kappa shape index (κ3) is 29.5. The van der Waals surface area contributed by atoms with Crippen LogP contribution in [0.25, 0.3) is 0 Å². The van der Waals surface area contributed by atoms with Crippen molar-refractivity contribution < 1.29 is 24.2 Å². The van der Waals surface area contributed by atoms with E-state index in [1.165, 1.54) is 109 Å². The minimum absolute atomic E-state index is 0.110. The lowest BCUT2D eigenvalue weighted by Gasteiger charge is -2.12. The summed E-state index contributed by atoms with van der Waals surface area (Å²) in [5.74, 6) is 0.217. The van der Waals surface area contributed by atoms with Gasteiger partial charge in [-0.3, -0.25) is 9.59 Å². The summed E-state index contributed by atoms with van der Waals surface area (Å²) in [4.78, 5) is 23.7. The van der Waals surface area contributed by atoms with E-state index in [2.05, 4.69) is 20.8 Å². The number of carbonyl (C=O) groups excluding carboxylic acids is 2. The highest BCUT2D eigenvalue weighted by atomic mass is 16.6. The van der Waals surface area contributed by atoms with E-state index in [0.29, 0.717) is 12.8 Å². The first kappa shape index (κ1) is 36.9. The van der Waals surface area contributed by atoms with Gasteiger partial charge in [-0.15, -0.1) is 0 Å². The van der Waals surface area contributed by atoms with Crippen LogP contribution in [-0.2, 0) is 19.1 Å². The number of hydrogen-bond donors (Lipinski definition) is 1. The molecule has 0 rings (SSSR count). The van der Waals surface area contributed by atoms with Crippen molar-refractivity contribution in [3.8, 4) is 0 Å². The van der Waals surface area contributed by atoms with Gasteiger partial charge >= 0.3 is 11.9 Å². The van der Waals surface area contributed by atoms with Crippen LogP contribution in [0.2, 0.25) is 0 Å². The average Bonchev–Trinajstić information content (AvgIpc) is 2.89. The number of esters is 2. The highest BCUT2D eigenvalue weighted by Gasteiger charge is 2.12. The van der Waals surface area contributed by atoms with E-state index in [0.717, 1.165) is 38.0 Å². The lowest BCUT2D eigenvalue weighted by atomic mass is 10.0. The molecular weight excluding hydrogens is 476 g/mol. The van der Waals surface area contributed by atoms with Gasteiger partial charge in [0.1, 0.15) is 19.3 Å². The van der Waals surface area contributed by atoms with Crippen LogP contribution in [0.15, 0.2) is 0 Å². The standard InChI is InChI=1S/C33H64O5/c1-4-5-6-7-8-9-10-11-12-13-14-15-16-20-23-26-32(35)37-28-31(34)29-38-33(36)27-24-21-18-17-19-22-25-30(2)3/h30-31,34H,4-29H2,1-3H3/t31-/m0/s1. The lowest BCUT2D eigenvalue weighted by molar-refractivity contribution is -0.152. The third-order valence-corrected chi connectivity index (χ3v) is 7.27. The van der Waals surface area contributed by atoms with Gasteiger partial charge in [-0.1, -0.05) is 149 Å². The molecule has 38 heavy (non-hydrogen) atoms. The number of rotatable bonds is 29. The maximum atomic E-state index is 11.9. The summed E-state index contributed by atoms with van der Waals surface area (Å²) in [6.07, 6.45) is 27.3. The summed E-state index contributed by atoms with van der Waals surface area (Å²) < 4.78 is 10.3. The summed E-state index contributed by atoms with van der Waals surface area (Å²) in [6.45, 7) is 6.56. The van der Waals surface area contributed by atoms with E-state index in [-0.39, 0.29) is 25.2 Å². The molecule has 226 valence electrons. The molecule has 0 heterocycles. The normalized spacial score (nSPS) is 12.1. The molecule has 0 aliphatic rings. The number of aliphatic hydroxyl groups is 1. The van der Waals surface area contributed by atoms with E-state index in [1.807, 2.05) is 0 Å². The van der Waals surface area contributed by atoms with Gasteiger partial charge in [0.25, 0.3) is 0 Å². The van der Waals surface area contributed by atoms with Crippen molar-refractivity contribution in [3.63, 3.8) is 0 Å². The van der Waals surface area contributed by atoms with E-state index in [1.54, 1.807) is 0 Å². The Morgan fingerprint density at radius 1 is 0.526 bits per heavy atom. The fraction of sp³-hybridized carbons (Fsp3) is 0.939. The Labute approximate surface area is 236 Å². The number of carbonyl (C=O) groups is 2. The Balaban J connectivity index is 3.40. The lowest BCUT2D eigenvalue weighted by Crippen LogP contribution is -2.25. The maximum absolute atomic E-state index is 11.9. The molecule has 0 aliphatic carbocycles. The van der Waals surface area contributed by atoms with Crippen molar-refractivity contribution in [3.05, 3.63) is 0 Å². The molecule has 1 N–H and O–H groups in total. The predicted molar refractivity (Wildman–Crippen MR) is 159 cm³/mol. The first-order valence-corrected chi connectivity index (χ1v) is 16.4. The van der Waals surface area contributed by atoms with Crippen LogP contribution in [0.3, 0.4) is 0 Å². The van der Waals surface area contributed by atoms with Crippen LogP contribution >= 0.6 is 0 Å². The first-order valence-electron chi connectivity index (χ1n) is 16.4. The van der Waals surface area contributed by atoms with Crippen molar-refractivity contribution in [1.82, 2.24) is 0 Å². The number of ether oxygens (including phenoxy) is 2. The largest absolute Gasteiger partial charge is 0.463 e. The first-order chi connectivity index (χ1) is 18.5. The zero-order valence-electron chi connectivity index (χ0n) is 25.6. The van der Waals surface area contributed by atoms with Crippen LogP contribution in [-0.4, -0.2) is 36.4 Å². The van der Waals surface area contributed by atoms with Gasteiger partial charge in [-0.25, -0.2) is 0 Å². The van der Waals surface area contributed by atoms with Gasteiger partial charge < -0.3 is 14.6 Å². The van der Waals surface area contributed by atoms with Crippen LogP contribution < -0.4 is 0 Å². The summed E-state index contributed by atoms with van der Waals surface area (Å²) >= 11 is 0. The molecule has 5 nitrogen and oxygen atoms in total. The second-order valence-corrected chi connectivity index (χ2v) is 11.8.